The van der Waals surface area contributed by atoms with Crippen molar-refractivity contribution in [1.82, 2.24) is 0 Å². The summed E-state index contributed by atoms with van der Waals surface area (Å²) in [6.45, 7) is 7.23. The zero-order valence-electron chi connectivity index (χ0n) is 10.4. The molecule has 1 rings (SSSR count). The molecule has 0 unspecified atom stereocenters. The normalized spacial score (nSPS) is 10.4. The third-order valence-electron chi connectivity index (χ3n) is 3.36. The van der Waals surface area contributed by atoms with Crippen molar-refractivity contribution >= 4 is 11.9 Å². The molecular weight excluding hydrogens is 220 g/mol. The van der Waals surface area contributed by atoms with Crippen molar-refractivity contribution in [2.24, 2.45) is 0 Å². The highest BCUT2D eigenvalue weighted by Gasteiger charge is 2.21. The maximum absolute atomic E-state index is 11.2. The van der Waals surface area contributed by atoms with Crippen LogP contribution in [0.15, 0.2) is 0 Å². The predicted molar refractivity (Wildman–Crippen MR) is 63.7 cm³/mol. The maximum atomic E-state index is 11.2. The minimum absolute atomic E-state index is 0.132. The van der Waals surface area contributed by atoms with Gasteiger partial charge in [0, 0.05) is 0 Å². The van der Waals surface area contributed by atoms with Crippen molar-refractivity contribution in [3.05, 3.63) is 33.4 Å². The van der Waals surface area contributed by atoms with Crippen molar-refractivity contribution < 1.29 is 19.8 Å². The number of carboxylic acid groups (broad SMARTS) is 2. The van der Waals surface area contributed by atoms with Crippen LogP contribution in [-0.4, -0.2) is 22.2 Å². The zero-order valence-corrected chi connectivity index (χ0v) is 10.4. The number of rotatable bonds is 3. The van der Waals surface area contributed by atoms with Crippen LogP contribution in [0, 0.1) is 27.7 Å². The van der Waals surface area contributed by atoms with Crippen LogP contribution in [-0.2, 0) is 11.2 Å². The second-order valence-corrected chi connectivity index (χ2v) is 4.23. The van der Waals surface area contributed by atoms with Gasteiger partial charge in [0.05, 0.1) is 12.0 Å². The topological polar surface area (TPSA) is 74.6 Å². The van der Waals surface area contributed by atoms with Crippen LogP contribution in [0.25, 0.3) is 0 Å². The van der Waals surface area contributed by atoms with Gasteiger partial charge in [0.15, 0.2) is 0 Å². The molecule has 0 fully saturated rings. The molecule has 1 aromatic carbocycles. The molecule has 0 atom stereocenters. The van der Waals surface area contributed by atoms with E-state index in [4.69, 9.17) is 5.11 Å². The van der Waals surface area contributed by atoms with Gasteiger partial charge in [-0.25, -0.2) is 4.79 Å². The molecule has 0 aliphatic rings. The van der Waals surface area contributed by atoms with E-state index in [1.165, 1.54) is 0 Å². The van der Waals surface area contributed by atoms with Gasteiger partial charge in [0.1, 0.15) is 0 Å². The van der Waals surface area contributed by atoms with E-state index >= 15 is 0 Å². The SMILES string of the molecule is Cc1c(C)c(C)c(C(=O)O)c(CC(=O)O)c1C. The molecule has 4 heteroatoms. The van der Waals surface area contributed by atoms with E-state index in [9.17, 15) is 14.7 Å². The van der Waals surface area contributed by atoms with Gasteiger partial charge in [-0.3, -0.25) is 4.79 Å². The Kier molecular flexibility index (Phi) is 3.56. The van der Waals surface area contributed by atoms with Gasteiger partial charge in [0.2, 0.25) is 0 Å². The molecule has 0 radical (unpaired) electrons. The molecule has 0 aliphatic heterocycles. The van der Waals surface area contributed by atoms with Gasteiger partial charge in [-0.2, -0.15) is 0 Å². The van der Waals surface area contributed by atoms with Gasteiger partial charge in [-0.1, -0.05) is 0 Å². The number of benzene rings is 1. The smallest absolute Gasteiger partial charge is 0.336 e. The summed E-state index contributed by atoms with van der Waals surface area (Å²) < 4.78 is 0. The van der Waals surface area contributed by atoms with Crippen molar-refractivity contribution in [1.29, 1.82) is 0 Å². The van der Waals surface area contributed by atoms with Gasteiger partial charge in [-0.05, 0) is 55.5 Å². The summed E-state index contributed by atoms with van der Waals surface area (Å²) in [6, 6.07) is 0. The molecule has 0 saturated heterocycles. The molecule has 1 aromatic rings. The van der Waals surface area contributed by atoms with E-state index in [1.807, 2.05) is 13.8 Å². The minimum Gasteiger partial charge on any atom is -0.481 e. The Morgan fingerprint density at radius 3 is 1.76 bits per heavy atom. The molecule has 0 bridgehead atoms. The Labute approximate surface area is 99.9 Å². The summed E-state index contributed by atoms with van der Waals surface area (Å²) in [6.07, 6.45) is -0.255. The third-order valence-corrected chi connectivity index (χ3v) is 3.36. The monoisotopic (exact) mass is 236 g/mol. The second kappa shape index (κ2) is 4.57. The highest BCUT2D eigenvalue weighted by Crippen LogP contribution is 2.27. The molecule has 17 heavy (non-hydrogen) atoms. The lowest BCUT2D eigenvalue weighted by molar-refractivity contribution is -0.136. The van der Waals surface area contributed by atoms with E-state index in [0.717, 1.165) is 16.7 Å². The molecule has 0 heterocycles. The van der Waals surface area contributed by atoms with Crippen LogP contribution in [0.3, 0.4) is 0 Å². The largest absolute Gasteiger partial charge is 0.481 e. The minimum atomic E-state index is -1.06. The molecule has 92 valence electrons. The molecule has 0 spiro atoms. The lowest BCUT2D eigenvalue weighted by atomic mass is 9.87. The first-order chi connectivity index (χ1) is 7.77. The average Bonchev–Trinajstić information content (AvgIpc) is 2.22. The molecule has 0 aliphatic carbocycles. The summed E-state index contributed by atoms with van der Waals surface area (Å²) >= 11 is 0. The molecule has 4 nitrogen and oxygen atoms in total. The Morgan fingerprint density at radius 1 is 0.882 bits per heavy atom. The number of carbonyl (C=O) groups is 2. The van der Waals surface area contributed by atoms with Gasteiger partial charge < -0.3 is 10.2 Å². The van der Waals surface area contributed by atoms with E-state index < -0.39 is 11.9 Å². The van der Waals surface area contributed by atoms with Crippen molar-refractivity contribution in [2.75, 3.05) is 0 Å². The van der Waals surface area contributed by atoms with Crippen LogP contribution in [0.2, 0.25) is 0 Å². The number of aromatic carboxylic acids is 1. The fraction of sp³-hybridized carbons (Fsp3) is 0.385. The lowest BCUT2D eigenvalue weighted by Gasteiger charge is -2.17. The van der Waals surface area contributed by atoms with Crippen molar-refractivity contribution in [2.45, 2.75) is 34.1 Å². The Morgan fingerprint density at radius 2 is 1.35 bits per heavy atom. The van der Waals surface area contributed by atoms with Crippen LogP contribution in [0.4, 0.5) is 0 Å². The fourth-order valence-electron chi connectivity index (χ4n) is 2.05. The van der Waals surface area contributed by atoms with Gasteiger partial charge >= 0.3 is 11.9 Å². The van der Waals surface area contributed by atoms with Crippen molar-refractivity contribution in [3.8, 4) is 0 Å². The summed E-state index contributed by atoms with van der Waals surface area (Å²) in [7, 11) is 0. The predicted octanol–water partition coefficient (Wildman–Crippen LogP) is 2.25. The molecule has 0 amide bonds. The van der Waals surface area contributed by atoms with Crippen molar-refractivity contribution in [3.63, 3.8) is 0 Å². The zero-order chi connectivity index (χ0) is 13.3. The summed E-state index contributed by atoms with van der Waals surface area (Å²) in [5.41, 5.74) is 3.82. The number of hydrogen-bond donors (Lipinski definition) is 2. The van der Waals surface area contributed by atoms with E-state index in [1.54, 1.807) is 13.8 Å². The van der Waals surface area contributed by atoms with Crippen LogP contribution >= 0.6 is 0 Å². The van der Waals surface area contributed by atoms with Gasteiger partial charge in [0.25, 0.3) is 0 Å². The van der Waals surface area contributed by atoms with Crippen LogP contribution in [0.1, 0.15) is 38.2 Å². The standard InChI is InChI=1S/C13H16O4/c1-6-7(2)9(4)12(13(16)17)10(8(6)3)5-11(14)15/h5H2,1-4H3,(H,14,15)(H,16,17). The molecular formula is C13H16O4. The second-order valence-electron chi connectivity index (χ2n) is 4.23. The molecule has 0 aromatic heterocycles. The average molecular weight is 236 g/mol. The lowest BCUT2D eigenvalue weighted by Crippen LogP contribution is -2.14. The fourth-order valence-corrected chi connectivity index (χ4v) is 2.05. The van der Waals surface area contributed by atoms with Gasteiger partial charge in [-0.15, -0.1) is 0 Å². The Bertz CT molecular complexity index is 501. The summed E-state index contributed by atoms with van der Waals surface area (Å²) in [5.74, 6) is -2.08. The highest BCUT2D eigenvalue weighted by atomic mass is 16.4. The summed E-state index contributed by atoms with van der Waals surface area (Å²) in [5, 5.41) is 18.1. The highest BCUT2D eigenvalue weighted by molar-refractivity contribution is 5.93. The number of aliphatic carboxylic acids is 1. The van der Waals surface area contributed by atoms with E-state index in [0.29, 0.717) is 11.1 Å². The summed E-state index contributed by atoms with van der Waals surface area (Å²) in [4.78, 5) is 22.1. The molecule has 2 N–H and O–H groups in total. The van der Waals surface area contributed by atoms with Crippen LogP contribution < -0.4 is 0 Å². The quantitative estimate of drug-likeness (QED) is 0.844. The Hall–Kier alpha value is -1.84. The maximum Gasteiger partial charge on any atom is 0.336 e. The number of carboxylic acids is 2. The Balaban J connectivity index is 3.65. The first-order valence-electron chi connectivity index (χ1n) is 5.31. The van der Waals surface area contributed by atoms with Crippen LogP contribution in [0.5, 0.6) is 0 Å². The van der Waals surface area contributed by atoms with E-state index in [2.05, 4.69) is 0 Å². The first-order valence-corrected chi connectivity index (χ1v) is 5.31. The third kappa shape index (κ3) is 2.30. The van der Waals surface area contributed by atoms with E-state index in [-0.39, 0.29) is 12.0 Å². The first kappa shape index (κ1) is 13.2. The number of hydrogen-bond acceptors (Lipinski definition) is 2. The molecule has 0 saturated carbocycles.